The van der Waals surface area contributed by atoms with Gasteiger partial charge in [-0.2, -0.15) is 0 Å². The fourth-order valence-corrected chi connectivity index (χ4v) is 4.35. The molecule has 24 heavy (non-hydrogen) atoms. The third kappa shape index (κ3) is 3.16. The number of hydrogen-bond donors (Lipinski definition) is 2. The summed E-state index contributed by atoms with van der Waals surface area (Å²) in [5, 5.41) is 12.3. The van der Waals surface area contributed by atoms with E-state index in [4.69, 9.17) is 5.11 Å². The van der Waals surface area contributed by atoms with Gasteiger partial charge in [-0.3, -0.25) is 4.79 Å². The standard InChI is InChI=1S/C18H23BrN2O3/c1-18(2)10-13-12(4-3-5-14(13)19)15(18)20-17(24)21-8-6-11(7-9-21)16(22)23/h3-5,11,15H,6-10H2,1-2H3,(H,20,24)(H,22,23). The van der Waals surface area contributed by atoms with Crippen molar-refractivity contribution in [2.75, 3.05) is 13.1 Å². The first-order valence-electron chi connectivity index (χ1n) is 8.35. The predicted molar refractivity (Wildman–Crippen MR) is 94.8 cm³/mol. The molecule has 0 spiro atoms. The van der Waals surface area contributed by atoms with Crippen LogP contribution in [-0.4, -0.2) is 35.1 Å². The zero-order valence-electron chi connectivity index (χ0n) is 14.0. The molecule has 1 saturated heterocycles. The van der Waals surface area contributed by atoms with E-state index in [1.165, 1.54) is 11.1 Å². The average Bonchev–Trinajstić information content (AvgIpc) is 2.80. The van der Waals surface area contributed by atoms with Crippen LogP contribution in [0, 0.1) is 11.3 Å². The Kier molecular flexibility index (Phi) is 4.60. The minimum atomic E-state index is -0.759. The lowest BCUT2D eigenvalue weighted by Crippen LogP contribution is -2.48. The highest BCUT2D eigenvalue weighted by Crippen LogP contribution is 2.47. The molecule has 6 heteroatoms. The number of rotatable bonds is 2. The SMILES string of the molecule is CC1(C)Cc2c(Br)cccc2C1NC(=O)N1CCC(C(=O)O)CC1. The second-order valence-corrected chi connectivity index (χ2v) is 8.31. The number of hydrogen-bond acceptors (Lipinski definition) is 2. The molecule has 2 N–H and O–H groups in total. The molecule has 5 nitrogen and oxygen atoms in total. The maximum absolute atomic E-state index is 12.7. The van der Waals surface area contributed by atoms with Crippen molar-refractivity contribution in [1.29, 1.82) is 0 Å². The molecule has 2 aliphatic rings. The molecule has 1 atom stereocenters. The summed E-state index contributed by atoms with van der Waals surface area (Å²) < 4.78 is 1.09. The van der Waals surface area contributed by atoms with E-state index >= 15 is 0 Å². The second-order valence-electron chi connectivity index (χ2n) is 7.46. The van der Waals surface area contributed by atoms with Gasteiger partial charge < -0.3 is 15.3 Å². The summed E-state index contributed by atoms with van der Waals surface area (Å²) in [6.45, 7) is 5.34. The molecule has 0 bridgehead atoms. The largest absolute Gasteiger partial charge is 0.481 e. The van der Waals surface area contributed by atoms with Crippen molar-refractivity contribution in [2.45, 2.75) is 39.2 Å². The number of carbonyl (C=O) groups is 2. The third-order valence-corrected chi connectivity index (χ3v) is 6.02. The molecule has 1 aromatic rings. The van der Waals surface area contributed by atoms with Crippen LogP contribution >= 0.6 is 15.9 Å². The lowest BCUT2D eigenvalue weighted by molar-refractivity contribution is -0.143. The number of urea groups is 1. The van der Waals surface area contributed by atoms with Gasteiger partial charge in [0, 0.05) is 17.6 Å². The molecule has 1 heterocycles. The monoisotopic (exact) mass is 394 g/mol. The van der Waals surface area contributed by atoms with Crippen molar-refractivity contribution >= 4 is 27.9 Å². The predicted octanol–water partition coefficient (Wildman–Crippen LogP) is 3.58. The number of piperidine rings is 1. The van der Waals surface area contributed by atoms with Gasteiger partial charge in [0.15, 0.2) is 0 Å². The van der Waals surface area contributed by atoms with Crippen LogP contribution in [0.5, 0.6) is 0 Å². The van der Waals surface area contributed by atoms with E-state index in [0.717, 1.165) is 10.9 Å². The maximum Gasteiger partial charge on any atom is 0.317 e. The van der Waals surface area contributed by atoms with Gasteiger partial charge >= 0.3 is 12.0 Å². The fourth-order valence-electron chi connectivity index (χ4n) is 3.83. The number of nitrogens with zero attached hydrogens (tertiary/aromatic N) is 1. The summed E-state index contributed by atoms with van der Waals surface area (Å²) in [6.07, 6.45) is 1.97. The van der Waals surface area contributed by atoms with Crippen LogP contribution in [0.1, 0.15) is 43.9 Å². The molecular weight excluding hydrogens is 372 g/mol. The number of amides is 2. The van der Waals surface area contributed by atoms with Crippen molar-refractivity contribution in [2.24, 2.45) is 11.3 Å². The van der Waals surface area contributed by atoms with Gasteiger partial charge in [0.05, 0.1) is 12.0 Å². The number of nitrogens with one attached hydrogen (secondary N) is 1. The van der Waals surface area contributed by atoms with Crippen molar-refractivity contribution in [3.8, 4) is 0 Å². The van der Waals surface area contributed by atoms with Gasteiger partial charge in [-0.05, 0) is 41.9 Å². The van der Waals surface area contributed by atoms with E-state index in [0.29, 0.717) is 25.9 Å². The molecule has 3 rings (SSSR count). The third-order valence-electron chi connectivity index (χ3n) is 5.28. The Bertz CT molecular complexity index is 666. The van der Waals surface area contributed by atoms with Gasteiger partial charge in [0.2, 0.25) is 0 Å². The molecule has 1 aromatic carbocycles. The smallest absolute Gasteiger partial charge is 0.317 e. The molecule has 1 aliphatic heterocycles. The minimum Gasteiger partial charge on any atom is -0.481 e. The Hall–Kier alpha value is -1.56. The number of aliphatic carboxylic acids is 1. The van der Waals surface area contributed by atoms with Crippen LogP contribution in [0.25, 0.3) is 0 Å². The Morgan fingerprint density at radius 3 is 2.58 bits per heavy atom. The first-order valence-corrected chi connectivity index (χ1v) is 9.14. The second kappa shape index (κ2) is 6.39. The zero-order chi connectivity index (χ0) is 17.5. The molecule has 130 valence electrons. The van der Waals surface area contributed by atoms with E-state index < -0.39 is 5.97 Å². The lowest BCUT2D eigenvalue weighted by atomic mass is 9.85. The molecule has 1 fully saturated rings. The van der Waals surface area contributed by atoms with Gasteiger partial charge in [0.25, 0.3) is 0 Å². The van der Waals surface area contributed by atoms with E-state index in [2.05, 4.69) is 41.2 Å². The highest BCUT2D eigenvalue weighted by atomic mass is 79.9. The van der Waals surface area contributed by atoms with Crippen molar-refractivity contribution in [3.05, 3.63) is 33.8 Å². The van der Waals surface area contributed by atoms with Crippen LogP contribution in [-0.2, 0) is 11.2 Å². The van der Waals surface area contributed by atoms with E-state index in [1.54, 1.807) is 4.90 Å². The van der Waals surface area contributed by atoms with Crippen LogP contribution in [0.4, 0.5) is 4.79 Å². The fraction of sp³-hybridized carbons (Fsp3) is 0.556. The molecular formula is C18H23BrN2O3. The number of carboxylic acids is 1. The van der Waals surface area contributed by atoms with E-state index in [9.17, 15) is 9.59 Å². The Labute approximate surface area is 150 Å². The number of carboxylic acid groups (broad SMARTS) is 1. The minimum absolute atomic E-state index is 0.0327. The molecule has 0 saturated carbocycles. The Morgan fingerprint density at radius 2 is 1.96 bits per heavy atom. The molecule has 0 aromatic heterocycles. The molecule has 1 unspecified atom stereocenters. The van der Waals surface area contributed by atoms with E-state index in [1.807, 2.05) is 12.1 Å². The highest BCUT2D eigenvalue weighted by Gasteiger charge is 2.41. The van der Waals surface area contributed by atoms with E-state index in [-0.39, 0.29) is 23.4 Å². The first kappa shape index (κ1) is 17.3. The first-order chi connectivity index (χ1) is 11.3. The number of fused-ring (bicyclic) bond motifs is 1. The highest BCUT2D eigenvalue weighted by molar-refractivity contribution is 9.10. The zero-order valence-corrected chi connectivity index (χ0v) is 15.6. The number of benzene rings is 1. The number of halogens is 1. The van der Waals surface area contributed by atoms with Crippen LogP contribution in [0.3, 0.4) is 0 Å². The molecule has 2 amide bonds. The summed E-state index contributed by atoms with van der Waals surface area (Å²) in [5.74, 6) is -1.08. The average molecular weight is 395 g/mol. The maximum atomic E-state index is 12.7. The summed E-state index contributed by atoms with van der Waals surface area (Å²) in [4.78, 5) is 25.5. The van der Waals surface area contributed by atoms with Crippen LogP contribution in [0.2, 0.25) is 0 Å². The summed E-state index contributed by atoms with van der Waals surface area (Å²) in [5.41, 5.74) is 2.38. The summed E-state index contributed by atoms with van der Waals surface area (Å²) >= 11 is 3.61. The van der Waals surface area contributed by atoms with Gasteiger partial charge in [-0.15, -0.1) is 0 Å². The van der Waals surface area contributed by atoms with Gasteiger partial charge in [0.1, 0.15) is 0 Å². The molecule has 0 radical (unpaired) electrons. The van der Waals surface area contributed by atoms with Crippen molar-refractivity contribution in [1.82, 2.24) is 10.2 Å². The van der Waals surface area contributed by atoms with Crippen LogP contribution in [0.15, 0.2) is 22.7 Å². The Morgan fingerprint density at radius 1 is 1.29 bits per heavy atom. The van der Waals surface area contributed by atoms with Crippen LogP contribution < -0.4 is 5.32 Å². The quantitative estimate of drug-likeness (QED) is 0.804. The van der Waals surface area contributed by atoms with Gasteiger partial charge in [-0.1, -0.05) is 41.9 Å². The summed E-state index contributed by atoms with van der Waals surface area (Å²) in [7, 11) is 0. The van der Waals surface area contributed by atoms with Gasteiger partial charge in [-0.25, -0.2) is 4.79 Å². The van der Waals surface area contributed by atoms with Crippen molar-refractivity contribution in [3.63, 3.8) is 0 Å². The van der Waals surface area contributed by atoms with Crippen molar-refractivity contribution < 1.29 is 14.7 Å². The normalized spacial score (nSPS) is 23.0. The summed E-state index contributed by atoms with van der Waals surface area (Å²) in [6, 6.07) is 5.99. The Balaban J connectivity index is 1.71. The number of carbonyl (C=O) groups excluding carboxylic acids is 1. The number of likely N-dealkylation sites (tertiary alicyclic amines) is 1. The topological polar surface area (TPSA) is 69.6 Å². The molecule has 1 aliphatic carbocycles. The lowest BCUT2D eigenvalue weighted by Gasteiger charge is -2.34.